The van der Waals surface area contributed by atoms with Crippen molar-refractivity contribution in [3.63, 3.8) is 0 Å². The van der Waals surface area contributed by atoms with Gasteiger partial charge in [0.05, 0.1) is 16.3 Å². The lowest BCUT2D eigenvalue weighted by Crippen LogP contribution is -1.88. The van der Waals surface area contributed by atoms with Gasteiger partial charge in [0.2, 0.25) is 0 Å². The molecule has 18 heavy (non-hydrogen) atoms. The number of anilines is 1. The molecule has 3 aromatic rings. The van der Waals surface area contributed by atoms with Gasteiger partial charge in [0.1, 0.15) is 10.3 Å². The van der Waals surface area contributed by atoms with Crippen LogP contribution < -0.4 is 5.73 Å². The average Bonchev–Trinajstić information content (AvgIpc) is 2.75. The van der Waals surface area contributed by atoms with Gasteiger partial charge in [0.25, 0.3) is 0 Å². The first-order chi connectivity index (χ1) is 8.84. The van der Waals surface area contributed by atoms with Crippen molar-refractivity contribution in [2.75, 3.05) is 5.73 Å². The maximum Gasteiger partial charge on any atom is 0.144 e. The Morgan fingerprint density at radius 2 is 1.89 bits per heavy atom. The van der Waals surface area contributed by atoms with Gasteiger partial charge in [0.15, 0.2) is 0 Å². The predicted octanol–water partition coefficient (Wildman–Crippen LogP) is 3.02. The number of nitrogens with zero attached hydrogens (tertiary/aromatic N) is 3. The molecule has 4 nitrogen and oxygen atoms in total. The van der Waals surface area contributed by atoms with Crippen molar-refractivity contribution < 1.29 is 0 Å². The summed E-state index contributed by atoms with van der Waals surface area (Å²) in [5, 5.41) is 0. The minimum absolute atomic E-state index is 0.641. The molecule has 88 valence electrons. The fraction of sp³-hybridized carbons (Fsp3) is 0. The van der Waals surface area contributed by atoms with Crippen LogP contribution in [0.1, 0.15) is 4.88 Å². The number of aromatic nitrogens is 2. The Morgan fingerprint density at radius 3 is 2.67 bits per heavy atom. The van der Waals surface area contributed by atoms with Crippen LogP contribution in [0.3, 0.4) is 0 Å². The van der Waals surface area contributed by atoms with E-state index in [9.17, 15) is 0 Å². The van der Waals surface area contributed by atoms with Crippen LogP contribution in [0, 0.1) is 0 Å². The minimum atomic E-state index is 0.641. The van der Waals surface area contributed by atoms with E-state index >= 15 is 0 Å². The standard InChI is InChI=1S/C13H10N4S/c14-11-10(8-17-9-4-2-1-3-5-9)18-13-12(11)15-6-7-16-13/h1-8H,14H2. The smallest absolute Gasteiger partial charge is 0.144 e. The van der Waals surface area contributed by atoms with Crippen molar-refractivity contribution in [2.24, 2.45) is 4.99 Å². The van der Waals surface area contributed by atoms with Crippen molar-refractivity contribution in [1.29, 1.82) is 0 Å². The second-order valence-corrected chi connectivity index (χ2v) is 4.71. The Bertz CT molecular complexity index is 703. The molecule has 0 saturated carbocycles. The van der Waals surface area contributed by atoms with E-state index in [1.165, 1.54) is 11.3 Å². The number of aliphatic imine (C=N–C) groups is 1. The van der Waals surface area contributed by atoms with E-state index in [4.69, 9.17) is 5.73 Å². The molecule has 0 bridgehead atoms. The molecule has 1 aromatic carbocycles. The number of hydrogen-bond acceptors (Lipinski definition) is 5. The maximum atomic E-state index is 6.02. The third kappa shape index (κ3) is 1.96. The Morgan fingerprint density at radius 1 is 1.11 bits per heavy atom. The van der Waals surface area contributed by atoms with Gasteiger partial charge in [-0.15, -0.1) is 11.3 Å². The van der Waals surface area contributed by atoms with Gasteiger partial charge in [-0.05, 0) is 12.1 Å². The molecule has 0 aliphatic carbocycles. The largest absolute Gasteiger partial charge is 0.396 e. The van der Waals surface area contributed by atoms with Crippen LogP contribution in [0.2, 0.25) is 0 Å². The van der Waals surface area contributed by atoms with E-state index in [-0.39, 0.29) is 0 Å². The zero-order chi connectivity index (χ0) is 12.4. The molecule has 0 amide bonds. The van der Waals surface area contributed by atoms with E-state index in [0.29, 0.717) is 5.69 Å². The molecule has 3 rings (SSSR count). The quantitative estimate of drug-likeness (QED) is 0.715. The van der Waals surface area contributed by atoms with Crippen molar-refractivity contribution in [3.8, 4) is 0 Å². The van der Waals surface area contributed by atoms with Crippen molar-refractivity contribution in [2.45, 2.75) is 0 Å². The summed E-state index contributed by atoms with van der Waals surface area (Å²) in [7, 11) is 0. The third-order valence-corrected chi connectivity index (χ3v) is 3.52. The summed E-state index contributed by atoms with van der Waals surface area (Å²) in [4.78, 5) is 14.6. The van der Waals surface area contributed by atoms with Crippen LogP contribution in [0.15, 0.2) is 47.7 Å². The van der Waals surface area contributed by atoms with Crippen LogP contribution in [-0.4, -0.2) is 16.2 Å². The lowest BCUT2D eigenvalue weighted by atomic mass is 10.3. The van der Waals surface area contributed by atoms with Crippen molar-refractivity contribution in [3.05, 3.63) is 47.6 Å². The number of thiophene rings is 1. The number of fused-ring (bicyclic) bond motifs is 1. The third-order valence-electron chi connectivity index (χ3n) is 2.48. The van der Waals surface area contributed by atoms with Crippen LogP contribution in [0.25, 0.3) is 10.3 Å². The van der Waals surface area contributed by atoms with Gasteiger partial charge >= 0.3 is 0 Å². The molecule has 0 fully saturated rings. The summed E-state index contributed by atoms with van der Waals surface area (Å²) in [6.07, 6.45) is 5.07. The highest BCUT2D eigenvalue weighted by Crippen LogP contribution is 2.29. The normalized spacial score (nSPS) is 11.3. The van der Waals surface area contributed by atoms with E-state index < -0.39 is 0 Å². The summed E-state index contributed by atoms with van der Waals surface area (Å²) in [5.74, 6) is 0. The molecule has 0 aliphatic rings. The first-order valence-electron chi connectivity index (χ1n) is 5.43. The molecule has 0 spiro atoms. The molecule has 0 saturated heterocycles. The van der Waals surface area contributed by atoms with E-state index in [1.807, 2.05) is 30.3 Å². The second kappa shape index (κ2) is 4.54. The van der Waals surface area contributed by atoms with Crippen LogP contribution in [0.4, 0.5) is 11.4 Å². The number of nitrogens with two attached hydrogens (primary N) is 1. The molecule has 0 atom stereocenters. The Hall–Kier alpha value is -2.27. The van der Waals surface area contributed by atoms with Gasteiger partial charge in [-0.3, -0.25) is 4.99 Å². The lowest BCUT2D eigenvalue weighted by molar-refractivity contribution is 1.32. The minimum Gasteiger partial charge on any atom is -0.396 e. The van der Waals surface area contributed by atoms with Crippen LogP contribution in [-0.2, 0) is 0 Å². The number of benzene rings is 1. The zero-order valence-electron chi connectivity index (χ0n) is 9.45. The maximum absolute atomic E-state index is 6.02. The molecule has 5 heteroatoms. The second-order valence-electron chi connectivity index (χ2n) is 3.68. The van der Waals surface area contributed by atoms with Gasteiger partial charge in [-0.2, -0.15) is 0 Å². The van der Waals surface area contributed by atoms with Crippen LogP contribution in [0.5, 0.6) is 0 Å². The molecule has 2 aromatic heterocycles. The highest BCUT2D eigenvalue weighted by molar-refractivity contribution is 7.20. The summed E-state index contributed by atoms with van der Waals surface area (Å²) in [5.41, 5.74) is 8.31. The van der Waals surface area contributed by atoms with E-state index in [1.54, 1.807) is 18.6 Å². The van der Waals surface area contributed by atoms with Gasteiger partial charge in [0, 0.05) is 18.6 Å². The summed E-state index contributed by atoms with van der Waals surface area (Å²) < 4.78 is 0. The van der Waals surface area contributed by atoms with E-state index in [0.717, 1.165) is 20.9 Å². The van der Waals surface area contributed by atoms with Gasteiger partial charge in [-0.25, -0.2) is 9.97 Å². The number of nitrogen functional groups attached to an aromatic ring is 1. The molecular formula is C13H10N4S. The Kier molecular flexibility index (Phi) is 2.74. The molecule has 2 N–H and O–H groups in total. The van der Waals surface area contributed by atoms with Gasteiger partial charge < -0.3 is 5.73 Å². The summed E-state index contributed by atoms with van der Waals surface area (Å²) in [6, 6.07) is 9.74. The van der Waals surface area contributed by atoms with Gasteiger partial charge in [-0.1, -0.05) is 18.2 Å². The lowest BCUT2D eigenvalue weighted by Gasteiger charge is -1.92. The number of hydrogen-bond donors (Lipinski definition) is 1. The number of para-hydroxylation sites is 1. The molecule has 0 aliphatic heterocycles. The summed E-state index contributed by atoms with van der Waals surface area (Å²) in [6.45, 7) is 0. The Labute approximate surface area is 108 Å². The zero-order valence-corrected chi connectivity index (χ0v) is 10.3. The SMILES string of the molecule is Nc1c(C=Nc2ccccc2)sc2nccnc12. The highest BCUT2D eigenvalue weighted by atomic mass is 32.1. The molecule has 0 unspecified atom stereocenters. The summed E-state index contributed by atoms with van der Waals surface area (Å²) >= 11 is 1.50. The average molecular weight is 254 g/mol. The topological polar surface area (TPSA) is 64.2 Å². The predicted molar refractivity (Wildman–Crippen MR) is 75.5 cm³/mol. The first kappa shape index (κ1) is 10.9. The van der Waals surface area contributed by atoms with Crippen LogP contribution >= 0.6 is 11.3 Å². The van der Waals surface area contributed by atoms with Crippen molar-refractivity contribution >= 4 is 39.3 Å². The fourth-order valence-corrected chi connectivity index (χ4v) is 2.50. The first-order valence-corrected chi connectivity index (χ1v) is 6.24. The molecule has 0 radical (unpaired) electrons. The molecule has 2 heterocycles. The van der Waals surface area contributed by atoms with E-state index in [2.05, 4.69) is 15.0 Å². The molecular weight excluding hydrogens is 244 g/mol. The highest BCUT2D eigenvalue weighted by Gasteiger charge is 2.08. The Balaban J connectivity index is 2.00. The fourth-order valence-electron chi connectivity index (χ4n) is 1.60. The van der Waals surface area contributed by atoms with Crippen molar-refractivity contribution in [1.82, 2.24) is 9.97 Å². The number of rotatable bonds is 2. The monoisotopic (exact) mass is 254 g/mol.